The fraction of sp³-hybridized carbons (Fsp3) is 0.533. The monoisotopic (exact) mass is 294 g/mol. The number of hydrogen-bond donors (Lipinski definition) is 2. The summed E-state index contributed by atoms with van der Waals surface area (Å²) in [6.45, 7) is 3.88. The zero-order valence-electron chi connectivity index (χ0n) is 11.8. The van der Waals surface area contributed by atoms with Gasteiger partial charge in [0.2, 0.25) is 0 Å². The fourth-order valence-corrected chi connectivity index (χ4v) is 3.14. The Morgan fingerprint density at radius 3 is 2.65 bits per heavy atom. The van der Waals surface area contributed by atoms with Gasteiger partial charge in [-0.3, -0.25) is 0 Å². The summed E-state index contributed by atoms with van der Waals surface area (Å²) in [5, 5.41) is 13.3. The first-order valence-electron chi connectivity index (χ1n) is 6.98. The second-order valence-electron chi connectivity index (χ2n) is 5.22. The number of amides is 2. The Kier molecular flexibility index (Phi) is 5.31. The molecule has 0 aromatic heterocycles. The maximum absolute atomic E-state index is 11.9. The van der Waals surface area contributed by atoms with Crippen molar-refractivity contribution in [2.24, 2.45) is 0 Å². The number of carbonyl (C=O) groups is 1. The molecule has 2 amide bonds. The van der Waals surface area contributed by atoms with Crippen molar-refractivity contribution in [1.82, 2.24) is 10.2 Å². The first-order chi connectivity index (χ1) is 9.59. The van der Waals surface area contributed by atoms with Gasteiger partial charge < -0.3 is 15.3 Å². The number of benzene rings is 1. The Morgan fingerprint density at radius 1 is 1.35 bits per heavy atom. The van der Waals surface area contributed by atoms with E-state index < -0.39 is 5.60 Å². The number of nitrogens with zero attached hydrogens (tertiary/aromatic N) is 1. The molecule has 1 aromatic rings. The molecule has 1 aliphatic rings. The van der Waals surface area contributed by atoms with Gasteiger partial charge in [-0.05, 0) is 18.9 Å². The van der Waals surface area contributed by atoms with Crippen LogP contribution in [0, 0.1) is 0 Å². The van der Waals surface area contributed by atoms with Gasteiger partial charge in [-0.15, -0.1) is 0 Å². The predicted molar refractivity (Wildman–Crippen MR) is 82.9 cm³/mol. The highest BCUT2D eigenvalue weighted by Gasteiger charge is 2.23. The minimum absolute atomic E-state index is 0.0193. The largest absolute Gasteiger partial charge is 0.385 e. The van der Waals surface area contributed by atoms with Crippen LogP contribution in [-0.4, -0.2) is 47.2 Å². The van der Waals surface area contributed by atoms with Gasteiger partial charge in [0.25, 0.3) is 0 Å². The van der Waals surface area contributed by atoms with Crippen LogP contribution < -0.4 is 5.32 Å². The van der Waals surface area contributed by atoms with E-state index in [0.717, 1.165) is 30.2 Å². The Balaban J connectivity index is 1.78. The van der Waals surface area contributed by atoms with Crippen molar-refractivity contribution in [2.45, 2.75) is 18.9 Å². The van der Waals surface area contributed by atoms with E-state index >= 15 is 0 Å². The lowest BCUT2D eigenvalue weighted by atomic mass is 9.93. The molecule has 0 aliphatic carbocycles. The average molecular weight is 294 g/mol. The second-order valence-corrected chi connectivity index (χ2v) is 6.45. The molecule has 1 fully saturated rings. The zero-order chi connectivity index (χ0) is 14.4. The summed E-state index contributed by atoms with van der Waals surface area (Å²) in [5.74, 6) is 2.02. The SMILES string of the molecule is C[C@@](O)(CCNC(=O)N1CCSCC1)c1ccccc1. The molecule has 0 spiro atoms. The highest BCUT2D eigenvalue weighted by molar-refractivity contribution is 7.99. The number of carbonyl (C=O) groups excluding carboxylic acids is 1. The molecule has 1 atom stereocenters. The van der Waals surface area contributed by atoms with Gasteiger partial charge >= 0.3 is 6.03 Å². The van der Waals surface area contributed by atoms with Crippen LogP contribution >= 0.6 is 11.8 Å². The van der Waals surface area contributed by atoms with Crippen LogP contribution in [0.3, 0.4) is 0 Å². The van der Waals surface area contributed by atoms with E-state index in [1.165, 1.54) is 0 Å². The summed E-state index contributed by atoms with van der Waals surface area (Å²) >= 11 is 1.88. The van der Waals surface area contributed by atoms with Crippen molar-refractivity contribution in [1.29, 1.82) is 0 Å². The van der Waals surface area contributed by atoms with Gasteiger partial charge in [0, 0.05) is 31.1 Å². The summed E-state index contributed by atoms with van der Waals surface area (Å²) < 4.78 is 0. The van der Waals surface area contributed by atoms with Crippen LogP contribution in [0.25, 0.3) is 0 Å². The first kappa shape index (κ1) is 15.2. The van der Waals surface area contributed by atoms with Crippen molar-refractivity contribution in [3.8, 4) is 0 Å². The van der Waals surface area contributed by atoms with Crippen LogP contribution in [0.15, 0.2) is 30.3 Å². The number of aliphatic hydroxyl groups is 1. The lowest BCUT2D eigenvalue weighted by Crippen LogP contribution is -2.45. The molecular weight excluding hydrogens is 272 g/mol. The van der Waals surface area contributed by atoms with Crippen molar-refractivity contribution in [2.75, 3.05) is 31.1 Å². The lowest BCUT2D eigenvalue weighted by molar-refractivity contribution is 0.0484. The quantitative estimate of drug-likeness (QED) is 0.893. The molecule has 1 saturated heterocycles. The van der Waals surface area contributed by atoms with Crippen LogP contribution in [0.4, 0.5) is 4.79 Å². The lowest BCUT2D eigenvalue weighted by Gasteiger charge is -2.28. The molecule has 110 valence electrons. The van der Waals surface area contributed by atoms with Gasteiger partial charge in [-0.1, -0.05) is 30.3 Å². The Bertz CT molecular complexity index is 431. The molecule has 0 bridgehead atoms. The minimum atomic E-state index is -0.910. The molecule has 2 rings (SSSR count). The highest BCUT2D eigenvalue weighted by Crippen LogP contribution is 2.23. The minimum Gasteiger partial charge on any atom is -0.385 e. The van der Waals surface area contributed by atoms with E-state index in [-0.39, 0.29) is 6.03 Å². The second kappa shape index (κ2) is 6.99. The van der Waals surface area contributed by atoms with Crippen molar-refractivity contribution in [3.63, 3.8) is 0 Å². The summed E-state index contributed by atoms with van der Waals surface area (Å²) in [4.78, 5) is 13.8. The van der Waals surface area contributed by atoms with Gasteiger partial charge in [0.1, 0.15) is 0 Å². The van der Waals surface area contributed by atoms with Gasteiger partial charge in [-0.2, -0.15) is 11.8 Å². The highest BCUT2D eigenvalue weighted by atomic mass is 32.2. The maximum Gasteiger partial charge on any atom is 0.317 e. The number of nitrogens with one attached hydrogen (secondary N) is 1. The molecule has 0 saturated carbocycles. The van der Waals surface area contributed by atoms with Gasteiger partial charge in [0.15, 0.2) is 0 Å². The summed E-state index contributed by atoms with van der Waals surface area (Å²) in [7, 11) is 0. The average Bonchev–Trinajstić information content (AvgIpc) is 2.49. The topological polar surface area (TPSA) is 52.6 Å². The molecule has 0 unspecified atom stereocenters. The first-order valence-corrected chi connectivity index (χ1v) is 8.13. The standard InChI is InChI=1S/C15H22N2O2S/c1-15(19,13-5-3-2-4-6-13)7-8-16-14(18)17-9-11-20-12-10-17/h2-6,19H,7-12H2,1H3,(H,16,18)/t15-/m1/s1. The number of rotatable bonds is 4. The molecule has 2 N–H and O–H groups in total. The van der Waals surface area contributed by atoms with E-state index in [4.69, 9.17) is 0 Å². The molecule has 1 aliphatic heterocycles. The third-order valence-corrected chi connectivity index (χ3v) is 4.52. The van der Waals surface area contributed by atoms with Crippen LogP contribution in [0.1, 0.15) is 18.9 Å². The predicted octanol–water partition coefficient (Wildman–Crippen LogP) is 2.04. The summed E-state index contributed by atoms with van der Waals surface area (Å²) in [5.41, 5.74) is -0.0321. The maximum atomic E-state index is 11.9. The van der Waals surface area contributed by atoms with Crippen molar-refractivity contribution >= 4 is 17.8 Å². The zero-order valence-corrected chi connectivity index (χ0v) is 12.7. The third-order valence-electron chi connectivity index (χ3n) is 3.58. The third kappa shape index (κ3) is 4.15. The fourth-order valence-electron chi connectivity index (χ4n) is 2.23. The van der Waals surface area contributed by atoms with E-state index in [1.54, 1.807) is 6.92 Å². The van der Waals surface area contributed by atoms with E-state index in [9.17, 15) is 9.90 Å². The molecule has 0 radical (unpaired) electrons. The molecule has 4 nitrogen and oxygen atoms in total. The van der Waals surface area contributed by atoms with Crippen LogP contribution in [0.2, 0.25) is 0 Å². The Morgan fingerprint density at radius 2 is 2.00 bits per heavy atom. The van der Waals surface area contributed by atoms with E-state index in [0.29, 0.717) is 13.0 Å². The van der Waals surface area contributed by atoms with Crippen LogP contribution in [-0.2, 0) is 5.60 Å². The molecule has 1 heterocycles. The van der Waals surface area contributed by atoms with Crippen molar-refractivity contribution in [3.05, 3.63) is 35.9 Å². The number of thioether (sulfide) groups is 1. The summed E-state index contributed by atoms with van der Waals surface area (Å²) in [6.07, 6.45) is 0.505. The van der Waals surface area contributed by atoms with Gasteiger partial charge in [-0.25, -0.2) is 4.79 Å². The molecular formula is C15H22N2O2S. The van der Waals surface area contributed by atoms with E-state index in [2.05, 4.69) is 5.32 Å². The Hall–Kier alpha value is -1.20. The number of urea groups is 1. The normalized spacial score (nSPS) is 18.4. The smallest absolute Gasteiger partial charge is 0.317 e. The molecule has 5 heteroatoms. The molecule has 1 aromatic carbocycles. The van der Waals surface area contributed by atoms with Gasteiger partial charge in [0.05, 0.1) is 5.60 Å². The number of hydrogen-bond acceptors (Lipinski definition) is 3. The van der Waals surface area contributed by atoms with Crippen LogP contribution in [0.5, 0.6) is 0 Å². The van der Waals surface area contributed by atoms with Crippen molar-refractivity contribution < 1.29 is 9.90 Å². The summed E-state index contributed by atoms with van der Waals surface area (Å²) in [6, 6.07) is 9.54. The molecule has 20 heavy (non-hydrogen) atoms. The van der Waals surface area contributed by atoms with E-state index in [1.807, 2.05) is 47.0 Å². The Labute approximate surface area is 124 Å².